The number of benzene rings is 1. The molecule has 4 atom stereocenters. The Balaban J connectivity index is 1.81. The van der Waals surface area contributed by atoms with Crippen molar-refractivity contribution in [2.45, 2.75) is 41.1 Å². The van der Waals surface area contributed by atoms with Gasteiger partial charge in [0.05, 0.1) is 6.04 Å². The Bertz CT molecular complexity index is 647. The molecule has 0 aliphatic carbocycles. The second-order valence-electron chi connectivity index (χ2n) is 5.29. The molecular formula is C14H14N4O3S. The molecule has 22 heavy (non-hydrogen) atoms. The second kappa shape index (κ2) is 5.90. The van der Waals surface area contributed by atoms with Crippen molar-refractivity contribution < 1.29 is 14.7 Å². The number of carboxylic acids is 1. The average molecular weight is 318 g/mol. The maximum absolute atomic E-state index is 12.1. The number of hydrogen-bond acceptors (Lipinski definition) is 4. The monoisotopic (exact) mass is 318 g/mol. The van der Waals surface area contributed by atoms with Crippen LogP contribution in [0.5, 0.6) is 0 Å². The molecule has 2 heterocycles. The van der Waals surface area contributed by atoms with Crippen LogP contribution >= 0.6 is 11.8 Å². The fourth-order valence-corrected chi connectivity index (χ4v) is 4.41. The number of carbonyl (C=O) groups excluding carboxylic acids is 1. The van der Waals surface area contributed by atoms with Crippen molar-refractivity contribution in [3.05, 3.63) is 40.8 Å². The van der Waals surface area contributed by atoms with Crippen molar-refractivity contribution in [1.82, 2.24) is 4.90 Å². The standard InChI is InChI=1S/C14H14N4O3S/c15-17-16-11-9-6-7-10(22-8-4-2-1-3-5-8)12(14(20)21)18(9)13(11)19/h1-5,9-12H,6-7H2,(H,20,21). The maximum Gasteiger partial charge on any atom is 0.327 e. The van der Waals surface area contributed by atoms with Gasteiger partial charge in [0, 0.05) is 15.1 Å². The third-order valence-electron chi connectivity index (χ3n) is 4.09. The van der Waals surface area contributed by atoms with Crippen LogP contribution in [0.4, 0.5) is 0 Å². The van der Waals surface area contributed by atoms with Gasteiger partial charge in [0.25, 0.3) is 0 Å². The van der Waals surface area contributed by atoms with Gasteiger partial charge in [-0.25, -0.2) is 4.79 Å². The number of β-lactam (4-membered cyclic amide) rings is 1. The van der Waals surface area contributed by atoms with E-state index in [0.29, 0.717) is 12.8 Å². The molecule has 114 valence electrons. The second-order valence-corrected chi connectivity index (χ2v) is 6.60. The van der Waals surface area contributed by atoms with Crippen molar-refractivity contribution in [2.75, 3.05) is 0 Å². The van der Waals surface area contributed by atoms with Crippen LogP contribution in [-0.4, -0.2) is 45.3 Å². The number of piperidine rings is 1. The molecule has 0 aromatic heterocycles. The lowest BCUT2D eigenvalue weighted by atomic mass is 9.83. The first-order valence-electron chi connectivity index (χ1n) is 6.94. The first-order chi connectivity index (χ1) is 10.6. The van der Waals surface area contributed by atoms with Gasteiger partial charge in [-0.05, 0) is 30.5 Å². The lowest BCUT2D eigenvalue weighted by Crippen LogP contribution is -2.72. The predicted octanol–water partition coefficient (Wildman–Crippen LogP) is 2.28. The molecule has 0 bridgehead atoms. The zero-order chi connectivity index (χ0) is 15.7. The summed E-state index contributed by atoms with van der Waals surface area (Å²) in [7, 11) is 0. The van der Waals surface area contributed by atoms with Gasteiger partial charge in [-0.15, -0.1) is 11.8 Å². The molecule has 0 radical (unpaired) electrons. The van der Waals surface area contributed by atoms with Gasteiger partial charge in [-0.2, -0.15) is 0 Å². The molecule has 8 heteroatoms. The van der Waals surface area contributed by atoms with Gasteiger partial charge < -0.3 is 10.0 Å². The Labute approximate surface area is 130 Å². The summed E-state index contributed by atoms with van der Waals surface area (Å²) in [5, 5.41) is 12.8. The van der Waals surface area contributed by atoms with E-state index in [0.717, 1.165) is 4.90 Å². The highest BCUT2D eigenvalue weighted by Gasteiger charge is 2.56. The molecule has 1 aromatic rings. The molecule has 0 spiro atoms. The van der Waals surface area contributed by atoms with Gasteiger partial charge in [-0.3, -0.25) is 4.79 Å². The van der Waals surface area contributed by atoms with E-state index < -0.39 is 18.1 Å². The van der Waals surface area contributed by atoms with Crippen LogP contribution in [-0.2, 0) is 9.59 Å². The van der Waals surface area contributed by atoms with Crippen molar-refractivity contribution in [2.24, 2.45) is 5.11 Å². The third-order valence-corrected chi connectivity index (χ3v) is 5.43. The highest BCUT2D eigenvalue weighted by molar-refractivity contribution is 8.00. The number of amides is 1. The van der Waals surface area contributed by atoms with Crippen LogP contribution in [0.3, 0.4) is 0 Å². The normalized spacial score (nSPS) is 30.0. The number of carbonyl (C=O) groups is 2. The minimum atomic E-state index is -1.01. The van der Waals surface area contributed by atoms with Gasteiger partial charge in [-0.1, -0.05) is 23.3 Å². The molecule has 4 unspecified atom stereocenters. The summed E-state index contributed by atoms with van der Waals surface area (Å²) in [6, 6.07) is 7.66. The number of hydrogen-bond donors (Lipinski definition) is 1. The fraction of sp³-hybridized carbons (Fsp3) is 0.429. The van der Waals surface area contributed by atoms with Crippen molar-refractivity contribution in [1.29, 1.82) is 0 Å². The topological polar surface area (TPSA) is 106 Å². The van der Waals surface area contributed by atoms with Crippen LogP contribution in [0.25, 0.3) is 10.4 Å². The van der Waals surface area contributed by atoms with Crippen molar-refractivity contribution in [3.8, 4) is 0 Å². The predicted molar refractivity (Wildman–Crippen MR) is 80.3 cm³/mol. The average Bonchev–Trinajstić information content (AvgIpc) is 2.53. The Morgan fingerprint density at radius 2 is 2.09 bits per heavy atom. The molecule has 7 nitrogen and oxygen atoms in total. The van der Waals surface area contributed by atoms with Gasteiger partial charge in [0.1, 0.15) is 12.1 Å². The minimum Gasteiger partial charge on any atom is -0.480 e. The van der Waals surface area contributed by atoms with E-state index in [9.17, 15) is 14.7 Å². The first-order valence-corrected chi connectivity index (χ1v) is 7.82. The highest BCUT2D eigenvalue weighted by atomic mass is 32.2. The summed E-state index contributed by atoms with van der Waals surface area (Å²) in [6.45, 7) is 0. The molecule has 2 fully saturated rings. The van der Waals surface area contributed by atoms with Crippen molar-refractivity contribution in [3.63, 3.8) is 0 Å². The highest BCUT2D eigenvalue weighted by Crippen LogP contribution is 2.42. The molecule has 2 aliphatic heterocycles. The van der Waals surface area contributed by atoms with E-state index in [1.54, 1.807) is 0 Å². The SMILES string of the molecule is [N-]=[N+]=NC1C(=O)N2C1CCC(Sc1ccccc1)C2C(=O)O. The largest absolute Gasteiger partial charge is 0.480 e. The summed E-state index contributed by atoms with van der Waals surface area (Å²) in [4.78, 5) is 28.8. The summed E-state index contributed by atoms with van der Waals surface area (Å²) in [6.07, 6.45) is 1.33. The quantitative estimate of drug-likeness (QED) is 0.398. The maximum atomic E-state index is 12.1. The summed E-state index contributed by atoms with van der Waals surface area (Å²) in [5.74, 6) is -1.39. The van der Waals surface area contributed by atoms with Gasteiger partial charge in [0.2, 0.25) is 5.91 Å². The lowest BCUT2D eigenvalue weighted by Gasteiger charge is -2.53. The zero-order valence-electron chi connectivity index (χ0n) is 11.6. The molecule has 1 N–H and O–H groups in total. The lowest BCUT2D eigenvalue weighted by molar-refractivity contribution is -0.167. The molecule has 3 rings (SSSR count). The minimum absolute atomic E-state index is 0.202. The third kappa shape index (κ3) is 2.40. The molecule has 1 aromatic carbocycles. The summed E-state index contributed by atoms with van der Waals surface area (Å²) in [5.41, 5.74) is 8.50. The van der Waals surface area contributed by atoms with E-state index in [1.807, 2.05) is 30.3 Å². The number of aliphatic carboxylic acids is 1. The molecule has 2 saturated heterocycles. The van der Waals surface area contributed by atoms with Gasteiger partial charge >= 0.3 is 5.97 Å². The van der Waals surface area contributed by atoms with E-state index in [2.05, 4.69) is 10.0 Å². The Kier molecular flexibility index (Phi) is 3.96. The number of carboxylic acid groups (broad SMARTS) is 1. The number of nitrogens with zero attached hydrogens (tertiary/aromatic N) is 4. The summed E-state index contributed by atoms with van der Waals surface area (Å²) < 4.78 is 0. The first kappa shape index (κ1) is 14.7. The Morgan fingerprint density at radius 1 is 1.36 bits per heavy atom. The number of azide groups is 1. The number of rotatable bonds is 4. The number of fused-ring (bicyclic) bond motifs is 1. The Morgan fingerprint density at radius 3 is 2.73 bits per heavy atom. The van der Waals surface area contributed by atoms with Crippen LogP contribution in [0.2, 0.25) is 0 Å². The zero-order valence-corrected chi connectivity index (χ0v) is 12.4. The van der Waals surface area contributed by atoms with E-state index in [-0.39, 0.29) is 17.2 Å². The summed E-state index contributed by atoms with van der Waals surface area (Å²) >= 11 is 1.48. The molecule has 2 aliphatic rings. The smallest absolute Gasteiger partial charge is 0.327 e. The molecule has 0 saturated carbocycles. The van der Waals surface area contributed by atoms with E-state index in [4.69, 9.17) is 5.53 Å². The number of thioether (sulfide) groups is 1. The van der Waals surface area contributed by atoms with Crippen LogP contribution < -0.4 is 0 Å². The van der Waals surface area contributed by atoms with Crippen molar-refractivity contribution >= 4 is 23.6 Å². The van der Waals surface area contributed by atoms with E-state index in [1.165, 1.54) is 16.7 Å². The Hall–Kier alpha value is -2.18. The van der Waals surface area contributed by atoms with Gasteiger partial charge in [0.15, 0.2) is 0 Å². The van der Waals surface area contributed by atoms with Crippen LogP contribution in [0, 0.1) is 0 Å². The van der Waals surface area contributed by atoms with Crippen LogP contribution in [0.1, 0.15) is 12.8 Å². The molecular weight excluding hydrogens is 304 g/mol. The van der Waals surface area contributed by atoms with E-state index >= 15 is 0 Å². The molecule has 1 amide bonds. The van der Waals surface area contributed by atoms with Crippen LogP contribution in [0.15, 0.2) is 40.3 Å². The fourth-order valence-electron chi connectivity index (χ4n) is 3.12.